The van der Waals surface area contributed by atoms with Gasteiger partial charge in [0.25, 0.3) is 0 Å². The number of amides is 1. The van der Waals surface area contributed by atoms with Gasteiger partial charge in [-0.05, 0) is 60.7 Å². The maximum atomic E-state index is 12.5. The highest BCUT2D eigenvalue weighted by molar-refractivity contribution is 7.89. The molecule has 0 aromatic heterocycles. The van der Waals surface area contributed by atoms with Gasteiger partial charge in [0.15, 0.2) is 0 Å². The monoisotopic (exact) mass is 438 g/mol. The van der Waals surface area contributed by atoms with Crippen molar-refractivity contribution >= 4 is 22.0 Å². The molecule has 1 aliphatic rings. The second-order valence-corrected chi connectivity index (χ2v) is 8.75. The standard InChI is InChI=1S/C21H21F3N2O3S/c22-21(23,24)17-6-1-16(2-7-17)13-14-25-20(27)12-5-15-3-10-19(11-4-15)30(28,29)26-18-8-9-18/h1-7,10-12,18,26H,8-9,13-14H2,(H,25,27)/b12-5+. The maximum Gasteiger partial charge on any atom is 0.416 e. The van der Waals surface area contributed by atoms with Crippen LogP contribution in [-0.2, 0) is 27.4 Å². The van der Waals surface area contributed by atoms with Gasteiger partial charge < -0.3 is 5.32 Å². The van der Waals surface area contributed by atoms with Crippen LogP contribution in [0.25, 0.3) is 6.08 Å². The lowest BCUT2D eigenvalue weighted by atomic mass is 10.1. The average Bonchev–Trinajstić information content (AvgIpc) is 3.50. The van der Waals surface area contributed by atoms with Gasteiger partial charge in [0, 0.05) is 18.7 Å². The van der Waals surface area contributed by atoms with Crippen molar-refractivity contribution in [2.45, 2.75) is 36.4 Å². The highest BCUT2D eigenvalue weighted by Gasteiger charge is 2.30. The van der Waals surface area contributed by atoms with Crippen LogP contribution in [0.1, 0.15) is 29.5 Å². The van der Waals surface area contributed by atoms with Gasteiger partial charge in [0.05, 0.1) is 10.5 Å². The van der Waals surface area contributed by atoms with Crippen molar-refractivity contribution in [2.75, 3.05) is 6.54 Å². The molecule has 0 saturated heterocycles. The van der Waals surface area contributed by atoms with E-state index in [2.05, 4.69) is 10.0 Å². The van der Waals surface area contributed by atoms with E-state index in [1.807, 2.05) is 0 Å². The van der Waals surface area contributed by atoms with Gasteiger partial charge >= 0.3 is 6.18 Å². The number of alkyl halides is 3. The number of carbonyl (C=O) groups excluding carboxylic acids is 1. The molecule has 1 aliphatic carbocycles. The number of nitrogens with one attached hydrogen (secondary N) is 2. The van der Waals surface area contributed by atoms with Crippen LogP contribution in [0.5, 0.6) is 0 Å². The van der Waals surface area contributed by atoms with Crippen LogP contribution in [0, 0.1) is 0 Å². The molecule has 0 atom stereocenters. The van der Waals surface area contributed by atoms with Crippen LogP contribution in [-0.4, -0.2) is 26.9 Å². The molecular weight excluding hydrogens is 417 g/mol. The Morgan fingerprint density at radius 1 is 1.03 bits per heavy atom. The number of hydrogen-bond acceptors (Lipinski definition) is 3. The Balaban J connectivity index is 1.46. The highest BCUT2D eigenvalue weighted by atomic mass is 32.2. The summed E-state index contributed by atoms with van der Waals surface area (Å²) in [6.07, 6.45) is 0.616. The molecule has 0 heterocycles. The first-order valence-corrected chi connectivity index (χ1v) is 10.9. The zero-order valence-corrected chi connectivity index (χ0v) is 16.8. The Labute approximate surface area is 173 Å². The van der Waals surface area contributed by atoms with E-state index in [0.29, 0.717) is 17.5 Å². The van der Waals surface area contributed by atoms with Crippen molar-refractivity contribution in [3.63, 3.8) is 0 Å². The number of sulfonamides is 1. The summed E-state index contributed by atoms with van der Waals surface area (Å²) >= 11 is 0. The number of rotatable bonds is 8. The topological polar surface area (TPSA) is 75.3 Å². The molecule has 0 unspecified atom stereocenters. The van der Waals surface area contributed by atoms with Gasteiger partial charge in [0.2, 0.25) is 15.9 Å². The molecule has 2 aromatic rings. The zero-order valence-electron chi connectivity index (χ0n) is 15.9. The summed E-state index contributed by atoms with van der Waals surface area (Å²) in [5.41, 5.74) is 0.641. The van der Waals surface area contributed by atoms with E-state index < -0.39 is 21.8 Å². The Morgan fingerprint density at radius 2 is 1.67 bits per heavy atom. The quantitative estimate of drug-likeness (QED) is 0.620. The summed E-state index contributed by atoms with van der Waals surface area (Å²) in [7, 11) is -3.51. The van der Waals surface area contributed by atoms with Gasteiger partial charge in [-0.3, -0.25) is 4.79 Å². The van der Waals surface area contributed by atoms with E-state index in [-0.39, 0.29) is 23.4 Å². The largest absolute Gasteiger partial charge is 0.416 e. The second-order valence-electron chi connectivity index (χ2n) is 7.03. The molecule has 2 aromatic carbocycles. The van der Waals surface area contributed by atoms with Crippen LogP contribution in [0.4, 0.5) is 13.2 Å². The molecule has 1 fully saturated rings. The Bertz CT molecular complexity index is 1010. The summed E-state index contributed by atoms with van der Waals surface area (Å²) in [6.45, 7) is 0.276. The minimum atomic E-state index is -4.37. The van der Waals surface area contributed by atoms with Crippen molar-refractivity contribution in [1.82, 2.24) is 10.0 Å². The predicted molar refractivity (Wildman–Crippen MR) is 107 cm³/mol. The fraction of sp³-hybridized carbons (Fsp3) is 0.286. The minimum Gasteiger partial charge on any atom is -0.352 e. The summed E-state index contributed by atoms with van der Waals surface area (Å²) in [4.78, 5) is 12.1. The van der Waals surface area contributed by atoms with Crippen LogP contribution in [0.15, 0.2) is 59.5 Å². The normalized spacial score (nSPS) is 14.8. The molecular formula is C21H21F3N2O3S. The van der Waals surface area contributed by atoms with Crippen molar-refractivity contribution in [3.8, 4) is 0 Å². The molecule has 1 amide bonds. The third-order valence-electron chi connectivity index (χ3n) is 4.51. The highest BCUT2D eigenvalue weighted by Crippen LogP contribution is 2.29. The van der Waals surface area contributed by atoms with E-state index in [1.54, 1.807) is 18.2 Å². The number of carbonyl (C=O) groups is 1. The zero-order chi connectivity index (χ0) is 21.8. The van der Waals surface area contributed by atoms with Gasteiger partial charge in [-0.2, -0.15) is 13.2 Å². The molecule has 0 spiro atoms. The summed E-state index contributed by atoms with van der Waals surface area (Å²) in [5.74, 6) is -0.353. The molecule has 5 nitrogen and oxygen atoms in total. The molecule has 2 N–H and O–H groups in total. The van der Waals surface area contributed by atoms with Crippen molar-refractivity contribution < 1.29 is 26.4 Å². The van der Waals surface area contributed by atoms with Gasteiger partial charge in [-0.25, -0.2) is 13.1 Å². The summed E-state index contributed by atoms with van der Waals surface area (Å²) in [5, 5.41) is 2.66. The van der Waals surface area contributed by atoms with Crippen LogP contribution in [0.2, 0.25) is 0 Å². The lowest BCUT2D eigenvalue weighted by molar-refractivity contribution is -0.137. The van der Waals surface area contributed by atoms with Crippen LogP contribution >= 0.6 is 0 Å². The van der Waals surface area contributed by atoms with Gasteiger partial charge in [-0.15, -0.1) is 0 Å². The van der Waals surface area contributed by atoms with E-state index in [0.717, 1.165) is 25.0 Å². The summed E-state index contributed by atoms with van der Waals surface area (Å²) < 4.78 is 64.4. The number of benzene rings is 2. The lowest BCUT2D eigenvalue weighted by Crippen LogP contribution is -2.25. The lowest BCUT2D eigenvalue weighted by Gasteiger charge is -2.08. The van der Waals surface area contributed by atoms with E-state index in [9.17, 15) is 26.4 Å². The molecule has 3 rings (SSSR count). The second kappa shape index (κ2) is 9.01. The molecule has 9 heteroatoms. The smallest absolute Gasteiger partial charge is 0.352 e. The minimum absolute atomic E-state index is 0.0286. The van der Waals surface area contributed by atoms with Crippen molar-refractivity contribution in [1.29, 1.82) is 0 Å². The van der Waals surface area contributed by atoms with Crippen LogP contribution < -0.4 is 10.0 Å². The van der Waals surface area contributed by atoms with Crippen LogP contribution in [0.3, 0.4) is 0 Å². The first-order chi connectivity index (χ1) is 14.1. The SMILES string of the molecule is O=C(/C=C/c1ccc(S(=O)(=O)NC2CC2)cc1)NCCc1ccc(C(F)(F)F)cc1. The molecule has 0 radical (unpaired) electrons. The number of halogens is 3. The Hall–Kier alpha value is -2.65. The third kappa shape index (κ3) is 6.43. The maximum absolute atomic E-state index is 12.5. The first-order valence-electron chi connectivity index (χ1n) is 9.38. The van der Waals surface area contributed by atoms with Crippen molar-refractivity contribution in [3.05, 3.63) is 71.3 Å². The molecule has 0 bridgehead atoms. The third-order valence-corrected chi connectivity index (χ3v) is 6.05. The fourth-order valence-electron chi connectivity index (χ4n) is 2.67. The van der Waals surface area contributed by atoms with E-state index in [4.69, 9.17) is 0 Å². The van der Waals surface area contributed by atoms with Gasteiger partial charge in [0.1, 0.15) is 0 Å². The molecule has 160 valence electrons. The Morgan fingerprint density at radius 3 is 2.23 bits per heavy atom. The molecule has 30 heavy (non-hydrogen) atoms. The molecule has 0 aliphatic heterocycles. The van der Waals surface area contributed by atoms with Crippen molar-refractivity contribution in [2.24, 2.45) is 0 Å². The first kappa shape index (κ1) is 22.0. The Kier molecular flexibility index (Phi) is 6.62. The summed E-state index contributed by atoms with van der Waals surface area (Å²) in [6, 6.07) is 11.0. The van der Waals surface area contributed by atoms with E-state index in [1.165, 1.54) is 30.3 Å². The fourth-order valence-corrected chi connectivity index (χ4v) is 3.97. The number of hydrogen-bond donors (Lipinski definition) is 2. The predicted octanol–water partition coefficient (Wildman–Crippen LogP) is 3.52. The average molecular weight is 438 g/mol. The van der Waals surface area contributed by atoms with Gasteiger partial charge in [-0.1, -0.05) is 24.3 Å². The van der Waals surface area contributed by atoms with E-state index >= 15 is 0 Å². The molecule has 1 saturated carbocycles.